The Morgan fingerprint density at radius 1 is 1.15 bits per heavy atom. The molecule has 2 atom stereocenters. The zero-order valence-electron chi connectivity index (χ0n) is 17.0. The summed E-state index contributed by atoms with van der Waals surface area (Å²) < 4.78 is 57.8. The van der Waals surface area contributed by atoms with Crippen molar-refractivity contribution in [2.45, 2.75) is 43.6 Å². The fourth-order valence-corrected chi connectivity index (χ4v) is 4.77. The molecular formula is C22H19Cl3F4N2O2. The fraction of sp³-hybridized carbons (Fsp3) is 0.409. The zero-order chi connectivity index (χ0) is 24.1. The first-order valence-electron chi connectivity index (χ1n) is 10.2. The molecule has 2 aromatic rings. The molecule has 1 heterocycles. The van der Waals surface area contributed by atoms with E-state index in [2.05, 4.69) is 5.32 Å². The van der Waals surface area contributed by atoms with E-state index in [0.717, 1.165) is 35.9 Å². The van der Waals surface area contributed by atoms with Crippen molar-refractivity contribution in [1.82, 2.24) is 5.32 Å². The van der Waals surface area contributed by atoms with Crippen molar-refractivity contribution < 1.29 is 27.5 Å². The van der Waals surface area contributed by atoms with E-state index in [1.165, 1.54) is 12.1 Å². The number of halogens is 7. The molecule has 0 aromatic heterocycles. The third-order valence-electron chi connectivity index (χ3n) is 6.26. The third kappa shape index (κ3) is 4.38. The Morgan fingerprint density at radius 3 is 2.33 bits per heavy atom. The minimum absolute atomic E-state index is 0.0295. The second kappa shape index (κ2) is 8.80. The number of aliphatic hydroxyl groups is 1. The first-order valence-corrected chi connectivity index (χ1v) is 11.3. The molecule has 11 heteroatoms. The van der Waals surface area contributed by atoms with E-state index in [9.17, 15) is 27.5 Å². The molecule has 0 spiro atoms. The van der Waals surface area contributed by atoms with Crippen molar-refractivity contribution in [2.75, 3.05) is 11.4 Å². The van der Waals surface area contributed by atoms with E-state index in [4.69, 9.17) is 34.8 Å². The average Bonchev–Trinajstić information content (AvgIpc) is 3.52. The SMILES string of the molecule is O=C(NCc1ccc(N2CC[C@@](c3cc(Cl)c(Cl)c(Cl)c3)(C(F)(F)F)[C@@H]2O)cc1F)C1CC1. The second-order valence-electron chi connectivity index (χ2n) is 8.31. The summed E-state index contributed by atoms with van der Waals surface area (Å²) in [6.45, 7) is -0.228. The van der Waals surface area contributed by atoms with Gasteiger partial charge in [-0.1, -0.05) is 40.9 Å². The quantitative estimate of drug-likeness (QED) is 0.381. The van der Waals surface area contributed by atoms with Crippen LogP contribution < -0.4 is 10.2 Å². The summed E-state index contributed by atoms with van der Waals surface area (Å²) in [6.07, 6.45) is -5.82. The molecule has 1 amide bonds. The number of hydrogen-bond acceptors (Lipinski definition) is 3. The van der Waals surface area contributed by atoms with Gasteiger partial charge in [0.2, 0.25) is 5.91 Å². The molecule has 0 unspecified atom stereocenters. The van der Waals surface area contributed by atoms with Gasteiger partial charge in [-0.15, -0.1) is 0 Å². The number of hydrogen-bond donors (Lipinski definition) is 2. The summed E-state index contributed by atoms with van der Waals surface area (Å²) in [6, 6.07) is 5.94. The number of carbonyl (C=O) groups is 1. The minimum atomic E-state index is -4.87. The lowest BCUT2D eigenvalue weighted by atomic mass is 9.77. The maximum atomic E-state index is 14.7. The topological polar surface area (TPSA) is 52.6 Å². The molecule has 1 saturated carbocycles. The molecule has 1 saturated heterocycles. The number of alkyl halides is 3. The van der Waals surface area contributed by atoms with Crippen LogP contribution in [0.2, 0.25) is 15.1 Å². The Labute approximate surface area is 202 Å². The van der Waals surface area contributed by atoms with Crippen LogP contribution in [-0.4, -0.2) is 30.0 Å². The van der Waals surface area contributed by atoms with Crippen molar-refractivity contribution >= 4 is 46.4 Å². The third-order valence-corrected chi connectivity index (χ3v) is 7.45. The Bertz CT molecular complexity index is 1070. The Kier molecular flexibility index (Phi) is 6.50. The van der Waals surface area contributed by atoms with Crippen molar-refractivity contribution in [2.24, 2.45) is 5.92 Å². The number of benzene rings is 2. The monoisotopic (exact) mass is 524 g/mol. The van der Waals surface area contributed by atoms with Gasteiger partial charge in [0.05, 0.1) is 15.1 Å². The van der Waals surface area contributed by atoms with Crippen LogP contribution in [0.3, 0.4) is 0 Å². The number of amides is 1. The summed E-state index contributed by atoms with van der Waals surface area (Å²) in [5, 5.41) is 13.1. The molecule has 1 aliphatic heterocycles. The second-order valence-corrected chi connectivity index (χ2v) is 9.50. The van der Waals surface area contributed by atoms with Crippen LogP contribution in [0.5, 0.6) is 0 Å². The highest BCUT2D eigenvalue weighted by Gasteiger charge is 2.65. The van der Waals surface area contributed by atoms with Gasteiger partial charge in [-0.2, -0.15) is 13.2 Å². The van der Waals surface area contributed by atoms with Crippen LogP contribution in [-0.2, 0) is 16.8 Å². The van der Waals surface area contributed by atoms with E-state index in [0.29, 0.717) is 0 Å². The number of rotatable bonds is 5. The van der Waals surface area contributed by atoms with Gasteiger partial charge in [-0.05, 0) is 49.1 Å². The Hall–Kier alpha value is -1.74. The van der Waals surface area contributed by atoms with Gasteiger partial charge in [0.15, 0.2) is 0 Å². The van der Waals surface area contributed by atoms with Crippen LogP contribution in [0.4, 0.5) is 23.2 Å². The first kappa shape index (κ1) is 24.4. The maximum absolute atomic E-state index is 14.7. The summed E-state index contributed by atoms with van der Waals surface area (Å²) >= 11 is 17.8. The Morgan fingerprint density at radius 2 is 1.79 bits per heavy atom. The molecule has 2 N–H and O–H groups in total. The zero-order valence-corrected chi connectivity index (χ0v) is 19.3. The number of anilines is 1. The van der Waals surface area contributed by atoms with Crippen LogP contribution in [0, 0.1) is 11.7 Å². The highest BCUT2D eigenvalue weighted by molar-refractivity contribution is 6.48. The van der Waals surface area contributed by atoms with E-state index >= 15 is 0 Å². The Balaban J connectivity index is 1.63. The predicted octanol–water partition coefficient (Wildman–Crippen LogP) is 5.84. The van der Waals surface area contributed by atoms with Crippen LogP contribution in [0.15, 0.2) is 30.3 Å². The largest absolute Gasteiger partial charge is 0.402 e. The molecule has 1 aliphatic carbocycles. The smallest absolute Gasteiger partial charge is 0.372 e. The normalized spacial score (nSPS) is 23.2. The summed E-state index contributed by atoms with van der Waals surface area (Å²) in [5.41, 5.74) is -2.77. The van der Waals surface area contributed by atoms with E-state index in [-0.39, 0.29) is 56.8 Å². The standard InChI is InChI=1S/C22H19Cl3F4N2O2/c23-15-7-13(8-16(24)18(15)25)21(22(27,28)29)5-6-31(20(21)33)14-4-3-12(17(26)9-14)10-30-19(32)11-1-2-11/h3-4,7-9,11,20,33H,1-2,5-6,10H2,(H,30,32)/t20-,21-/m0/s1. The highest BCUT2D eigenvalue weighted by Crippen LogP contribution is 2.53. The summed E-state index contributed by atoms with van der Waals surface area (Å²) in [5.74, 6) is -0.876. The van der Waals surface area contributed by atoms with Crippen LogP contribution >= 0.6 is 34.8 Å². The van der Waals surface area contributed by atoms with Gasteiger partial charge in [0.1, 0.15) is 17.5 Å². The van der Waals surface area contributed by atoms with Crippen molar-refractivity contribution in [1.29, 1.82) is 0 Å². The molecule has 33 heavy (non-hydrogen) atoms. The van der Waals surface area contributed by atoms with E-state index in [1.807, 2.05) is 0 Å². The highest BCUT2D eigenvalue weighted by atomic mass is 35.5. The molecule has 178 valence electrons. The van der Waals surface area contributed by atoms with E-state index < -0.39 is 30.1 Å². The van der Waals surface area contributed by atoms with Gasteiger partial charge in [-0.3, -0.25) is 4.79 Å². The van der Waals surface area contributed by atoms with Gasteiger partial charge in [-0.25, -0.2) is 4.39 Å². The number of nitrogens with zero attached hydrogens (tertiary/aromatic N) is 1. The molecule has 4 nitrogen and oxygen atoms in total. The molecule has 2 fully saturated rings. The van der Waals surface area contributed by atoms with Crippen molar-refractivity contribution in [3.63, 3.8) is 0 Å². The van der Waals surface area contributed by atoms with Gasteiger partial charge in [0, 0.05) is 30.3 Å². The van der Waals surface area contributed by atoms with Gasteiger partial charge >= 0.3 is 6.18 Å². The molecule has 0 bridgehead atoms. The van der Waals surface area contributed by atoms with Crippen LogP contribution in [0.25, 0.3) is 0 Å². The van der Waals surface area contributed by atoms with E-state index in [1.54, 1.807) is 0 Å². The van der Waals surface area contributed by atoms with Crippen molar-refractivity contribution in [3.8, 4) is 0 Å². The first-order chi connectivity index (χ1) is 15.5. The molecule has 0 radical (unpaired) electrons. The van der Waals surface area contributed by atoms with Crippen molar-refractivity contribution in [3.05, 3.63) is 62.3 Å². The summed E-state index contributed by atoms with van der Waals surface area (Å²) in [4.78, 5) is 12.9. The molecule has 2 aliphatic rings. The minimum Gasteiger partial charge on any atom is -0.372 e. The molecular weight excluding hydrogens is 507 g/mol. The maximum Gasteiger partial charge on any atom is 0.402 e. The molecule has 2 aromatic carbocycles. The van der Waals surface area contributed by atoms with Gasteiger partial charge < -0.3 is 15.3 Å². The molecule has 4 rings (SSSR count). The number of nitrogens with one attached hydrogen (secondary N) is 1. The van der Waals surface area contributed by atoms with Crippen LogP contribution in [0.1, 0.15) is 30.4 Å². The number of aliphatic hydroxyl groups excluding tert-OH is 1. The number of carbonyl (C=O) groups excluding carboxylic acids is 1. The average molecular weight is 526 g/mol. The predicted molar refractivity (Wildman–Crippen MR) is 118 cm³/mol. The lowest BCUT2D eigenvalue weighted by molar-refractivity contribution is -0.210. The fourth-order valence-electron chi connectivity index (χ4n) is 4.17. The lowest BCUT2D eigenvalue weighted by Crippen LogP contribution is -2.52. The lowest BCUT2D eigenvalue weighted by Gasteiger charge is -2.37. The summed E-state index contributed by atoms with van der Waals surface area (Å²) in [7, 11) is 0. The van der Waals surface area contributed by atoms with Gasteiger partial charge in [0.25, 0.3) is 0 Å².